The van der Waals surface area contributed by atoms with Gasteiger partial charge in [0.05, 0.1) is 11.1 Å². The van der Waals surface area contributed by atoms with E-state index in [9.17, 15) is 9.18 Å². The smallest absolute Gasteiger partial charge is 0.335 e. The Kier molecular flexibility index (Phi) is 2.99. The molecular weight excluding hydrogens is 257 g/mol. The molecule has 3 nitrogen and oxygen atoms in total. The molecule has 0 saturated carbocycles. The average Bonchev–Trinajstić information content (AvgIpc) is 2.82. The maximum absolute atomic E-state index is 13.3. The van der Waals surface area contributed by atoms with Crippen molar-refractivity contribution in [3.8, 4) is 0 Å². The Bertz CT molecular complexity index is 775. The molecule has 20 heavy (non-hydrogen) atoms. The summed E-state index contributed by atoms with van der Waals surface area (Å²) in [5.41, 5.74) is 2.06. The fraction of sp³-hybridized carbons (Fsp3) is 0.0625. The summed E-state index contributed by atoms with van der Waals surface area (Å²) in [5, 5.41) is 9.84. The number of halogens is 1. The number of rotatable bonds is 3. The number of hydrogen-bond donors (Lipinski definition) is 1. The predicted octanol–water partition coefficient (Wildman–Crippen LogP) is 3.53. The molecule has 0 atom stereocenters. The van der Waals surface area contributed by atoms with Gasteiger partial charge in [-0.15, -0.1) is 0 Å². The maximum atomic E-state index is 13.3. The third-order valence-electron chi connectivity index (χ3n) is 3.29. The Morgan fingerprint density at radius 2 is 1.85 bits per heavy atom. The van der Waals surface area contributed by atoms with Crippen molar-refractivity contribution in [3.05, 3.63) is 71.7 Å². The quantitative estimate of drug-likeness (QED) is 0.790. The highest BCUT2D eigenvalue weighted by Gasteiger charge is 2.05. The normalized spacial score (nSPS) is 10.8. The highest BCUT2D eigenvalue weighted by Crippen LogP contribution is 2.18. The minimum atomic E-state index is -0.940. The summed E-state index contributed by atoms with van der Waals surface area (Å²) in [6.07, 6.45) is 1.90. The van der Waals surface area contributed by atoms with Crippen molar-refractivity contribution in [1.29, 1.82) is 0 Å². The van der Waals surface area contributed by atoms with E-state index in [1.165, 1.54) is 12.1 Å². The molecule has 0 fully saturated rings. The third kappa shape index (κ3) is 2.28. The summed E-state index contributed by atoms with van der Waals surface area (Å²) >= 11 is 0. The van der Waals surface area contributed by atoms with E-state index in [4.69, 9.17) is 5.11 Å². The topological polar surface area (TPSA) is 42.2 Å². The SMILES string of the molecule is O=C(O)c1ccc(Cn2ccc3ccc(F)cc32)cc1. The lowest BCUT2D eigenvalue weighted by Crippen LogP contribution is -2.00. The number of aromatic nitrogens is 1. The van der Waals surface area contributed by atoms with Crippen molar-refractivity contribution in [2.75, 3.05) is 0 Å². The number of fused-ring (bicyclic) bond motifs is 1. The Morgan fingerprint density at radius 1 is 1.10 bits per heavy atom. The molecule has 0 aliphatic carbocycles. The second-order valence-corrected chi connectivity index (χ2v) is 4.65. The molecule has 0 saturated heterocycles. The van der Waals surface area contributed by atoms with Crippen LogP contribution in [0.15, 0.2) is 54.7 Å². The van der Waals surface area contributed by atoms with Crippen LogP contribution < -0.4 is 0 Å². The van der Waals surface area contributed by atoms with Gasteiger partial charge in [-0.05, 0) is 47.3 Å². The van der Waals surface area contributed by atoms with Crippen LogP contribution in [0.1, 0.15) is 15.9 Å². The molecule has 0 unspecified atom stereocenters. The van der Waals surface area contributed by atoms with Gasteiger partial charge in [-0.2, -0.15) is 0 Å². The number of nitrogens with zero attached hydrogens (tertiary/aromatic N) is 1. The molecular formula is C16H12FNO2. The molecule has 0 spiro atoms. The van der Waals surface area contributed by atoms with Crippen LogP contribution in [0.5, 0.6) is 0 Å². The lowest BCUT2D eigenvalue weighted by molar-refractivity contribution is 0.0697. The van der Waals surface area contributed by atoms with E-state index in [1.807, 2.05) is 16.8 Å². The second kappa shape index (κ2) is 4.81. The zero-order chi connectivity index (χ0) is 14.1. The molecule has 0 aliphatic rings. The summed E-state index contributed by atoms with van der Waals surface area (Å²) in [5.74, 6) is -1.20. The van der Waals surface area contributed by atoms with E-state index >= 15 is 0 Å². The van der Waals surface area contributed by atoms with Gasteiger partial charge in [0.25, 0.3) is 0 Å². The minimum Gasteiger partial charge on any atom is -0.478 e. The van der Waals surface area contributed by atoms with Crippen molar-refractivity contribution in [2.24, 2.45) is 0 Å². The van der Waals surface area contributed by atoms with Crippen LogP contribution in [-0.2, 0) is 6.54 Å². The number of benzene rings is 2. The van der Waals surface area contributed by atoms with Gasteiger partial charge < -0.3 is 9.67 Å². The van der Waals surface area contributed by atoms with Gasteiger partial charge in [0, 0.05) is 12.7 Å². The third-order valence-corrected chi connectivity index (χ3v) is 3.29. The first-order chi connectivity index (χ1) is 9.63. The molecule has 0 aliphatic heterocycles. The van der Waals surface area contributed by atoms with E-state index in [-0.39, 0.29) is 11.4 Å². The number of hydrogen-bond acceptors (Lipinski definition) is 1. The van der Waals surface area contributed by atoms with Crippen LogP contribution in [0.3, 0.4) is 0 Å². The van der Waals surface area contributed by atoms with Crippen molar-refractivity contribution < 1.29 is 14.3 Å². The Hall–Kier alpha value is -2.62. The molecule has 3 aromatic rings. The molecule has 0 bridgehead atoms. The lowest BCUT2D eigenvalue weighted by atomic mass is 10.1. The Balaban J connectivity index is 1.92. The van der Waals surface area contributed by atoms with Crippen LogP contribution >= 0.6 is 0 Å². The molecule has 4 heteroatoms. The molecule has 3 rings (SSSR count). The van der Waals surface area contributed by atoms with Gasteiger partial charge in [0.1, 0.15) is 5.82 Å². The summed E-state index contributed by atoms with van der Waals surface area (Å²) in [4.78, 5) is 10.8. The molecule has 1 aromatic heterocycles. The van der Waals surface area contributed by atoms with Crippen molar-refractivity contribution >= 4 is 16.9 Å². The Labute approximate surface area is 114 Å². The molecule has 1 heterocycles. The van der Waals surface area contributed by atoms with Gasteiger partial charge in [-0.3, -0.25) is 0 Å². The van der Waals surface area contributed by atoms with E-state index in [2.05, 4.69) is 0 Å². The summed E-state index contributed by atoms with van der Waals surface area (Å²) < 4.78 is 15.2. The highest BCUT2D eigenvalue weighted by molar-refractivity contribution is 5.87. The van der Waals surface area contributed by atoms with E-state index in [0.717, 1.165) is 16.5 Å². The van der Waals surface area contributed by atoms with Gasteiger partial charge in [0.2, 0.25) is 0 Å². The van der Waals surface area contributed by atoms with Crippen LogP contribution in [0, 0.1) is 5.82 Å². The van der Waals surface area contributed by atoms with Crippen molar-refractivity contribution in [1.82, 2.24) is 4.57 Å². The number of carboxylic acid groups (broad SMARTS) is 1. The van der Waals surface area contributed by atoms with Gasteiger partial charge in [-0.1, -0.05) is 12.1 Å². The molecule has 2 aromatic carbocycles. The van der Waals surface area contributed by atoms with Crippen LogP contribution in [0.2, 0.25) is 0 Å². The Morgan fingerprint density at radius 3 is 2.55 bits per heavy atom. The van der Waals surface area contributed by atoms with E-state index in [0.29, 0.717) is 6.54 Å². The maximum Gasteiger partial charge on any atom is 0.335 e. The first-order valence-electron chi connectivity index (χ1n) is 6.20. The highest BCUT2D eigenvalue weighted by atomic mass is 19.1. The molecule has 100 valence electrons. The first-order valence-corrected chi connectivity index (χ1v) is 6.20. The van der Waals surface area contributed by atoms with E-state index < -0.39 is 5.97 Å². The van der Waals surface area contributed by atoms with Gasteiger partial charge in [0.15, 0.2) is 0 Å². The zero-order valence-electron chi connectivity index (χ0n) is 10.6. The monoisotopic (exact) mass is 269 g/mol. The number of aromatic carboxylic acids is 1. The second-order valence-electron chi connectivity index (χ2n) is 4.65. The van der Waals surface area contributed by atoms with Gasteiger partial charge >= 0.3 is 5.97 Å². The number of carboxylic acids is 1. The lowest BCUT2D eigenvalue weighted by Gasteiger charge is -2.06. The van der Waals surface area contributed by atoms with Crippen molar-refractivity contribution in [2.45, 2.75) is 6.54 Å². The molecule has 0 amide bonds. The van der Waals surface area contributed by atoms with E-state index in [1.54, 1.807) is 30.3 Å². The predicted molar refractivity (Wildman–Crippen MR) is 74.4 cm³/mol. The van der Waals surface area contributed by atoms with Crippen LogP contribution in [0.4, 0.5) is 4.39 Å². The number of carbonyl (C=O) groups is 1. The first kappa shape index (κ1) is 12.4. The summed E-state index contributed by atoms with van der Waals surface area (Å²) in [6.45, 7) is 0.576. The zero-order valence-corrected chi connectivity index (χ0v) is 10.6. The minimum absolute atomic E-state index is 0.261. The van der Waals surface area contributed by atoms with Crippen molar-refractivity contribution in [3.63, 3.8) is 0 Å². The molecule has 0 radical (unpaired) electrons. The average molecular weight is 269 g/mol. The fourth-order valence-electron chi connectivity index (χ4n) is 2.24. The molecule has 1 N–H and O–H groups in total. The standard InChI is InChI=1S/C16H12FNO2/c17-14-6-5-12-7-8-18(15(12)9-14)10-11-1-3-13(4-2-11)16(19)20/h1-9H,10H2,(H,19,20). The van der Waals surface area contributed by atoms with Crippen LogP contribution in [-0.4, -0.2) is 15.6 Å². The van der Waals surface area contributed by atoms with Gasteiger partial charge in [-0.25, -0.2) is 9.18 Å². The summed E-state index contributed by atoms with van der Waals surface area (Å²) in [6, 6.07) is 13.3. The summed E-state index contributed by atoms with van der Waals surface area (Å²) in [7, 11) is 0. The fourth-order valence-corrected chi connectivity index (χ4v) is 2.24. The van der Waals surface area contributed by atoms with Crippen LogP contribution in [0.25, 0.3) is 10.9 Å². The largest absolute Gasteiger partial charge is 0.478 e.